The molecule has 0 radical (unpaired) electrons. The molecule has 2 unspecified atom stereocenters. The molecule has 0 bridgehead atoms. The largest absolute Gasteiger partial charge is 0.387 e. The molecule has 4 rings (SSSR count). The first kappa shape index (κ1) is 23.2. The average molecular weight is 447 g/mol. The van der Waals surface area contributed by atoms with Gasteiger partial charge in [-0.2, -0.15) is 5.10 Å². The predicted octanol–water partition coefficient (Wildman–Crippen LogP) is 4.81. The molecule has 1 saturated carbocycles. The van der Waals surface area contributed by atoms with Gasteiger partial charge < -0.3 is 16.2 Å². The van der Waals surface area contributed by atoms with E-state index < -0.39 is 12.1 Å². The average Bonchev–Trinajstić information content (AvgIpc) is 3.16. The number of aryl methyl sites for hydroxylation is 1. The minimum atomic E-state index is -0.669. The Bertz CT molecular complexity index is 1070. The molecule has 1 amide bonds. The van der Waals surface area contributed by atoms with E-state index in [0.29, 0.717) is 6.54 Å². The minimum Gasteiger partial charge on any atom is -0.387 e. The molecule has 0 saturated heterocycles. The molecule has 33 heavy (non-hydrogen) atoms. The molecule has 2 aromatic carbocycles. The second-order valence-corrected chi connectivity index (χ2v) is 9.16. The summed E-state index contributed by atoms with van der Waals surface area (Å²) < 4.78 is 1.88. The molecular formula is C27H34N4O2. The number of aliphatic hydroxyl groups excluding tert-OH is 1. The Balaban J connectivity index is 1.53. The summed E-state index contributed by atoms with van der Waals surface area (Å²) in [5, 5.41) is 18.3. The van der Waals surface area contributed by atoms with Crippen LogP contribution in [0.5, 0.6) is 0 Å². The lowest BCUT2D eigenvalue weighted by Crippen LogP contribution is -2.42. The van der Waals surface area contributed by atoms with Gasteiger partial charge in [-0.25, -0.2) is 0 Å². The maximum absolute atomic E-state index is 12.7. The van der Waals surface area contributed by atoms with Gasteiger partial charge in [0.1, 0.15) is 0 Å². The fourth-order valence-corrected chi connectivity index (χ4v) is 4.91. The highest BCUT2D eigenvalue weighted by Gasteiger charge is 2.26. The van der Waals surface area contributed by atoms with Gasteiger partial charge in [0, 0.05) is 11.3 Å². The maximum Gasteiger partial charge on any atom is 0.241 e. The van der Waals surface area contributed by atoms with E-state index in [2.05, 4.69) is 17.4 Å². The Labute approximate surface area is 195 Å². The van der Waals surface area contributed by atoms with Crippen molar-refractivity contribution in [1.29, 1.82) is 0 Å². The lowest BCUT2D eigenvalue weighted by atomic mass is 9.84. The third-order valence-electron chi connectivity index (χ3n) is 6.64. The molecule has 4 N–H and O–H groups in total. The highest BCUT2D eigenvalue weighted by molar-refractivity contribution is 5.95. The summed E-state index contributed by atoms with van der Waals surface area (Å²) >= 11 is 0. The number of amides is 1. The number of carbonyl (C=O) groups is 1. The van der Waals surface area contributed by atoms with E-state index in [1.54, 1.807) is 6.92 Å². The molecular weight excluding hydrogens is 412 g/mol. The number of carbonyl (C=O) groups excluding carboxylic acids is 1. The summed E-state index contributed by atoms with van der Waals surface area (Å²) in [5.41, 5.74) is 11.6. The van der Waals surface area contributed by atoms with Crippen LogP contribution in [-0.2, 0) is 11.3 Å². The first-order chi connectivity index (χ1) is 15.9. The fraction of sp³-hybridized carbons (Fsp3) is 0.407. The van der Waals surface area contributed by atoms with E-state index in [4.69, 9.17) is 10.8 Å². The predicted molar refractivity (Wildman–Crippen MR) is 132 cm³/mol. The van der Waals surface area contributed by atoms with Crippen molar-refractivity contribution in [3.8, 4) is 11.1 Å². The van der Waals surface area contributed by atoms with Crippen molar-refractivity contribution in [2.45, 2.75) is 64.6 Å². The molecule has 2 atom stereocenters. The van der Waals surface area contributed by atoms with Crippen LogP contribution in [0.4, 0.5) is 5.69 Å². The normalized spacial score (nSPS) is 16.4. The molecule has 1 aromatic heterocycles. The van der Waals surface area contributed by atoms with Crippen molar-refractivity contribution in [2.75, 3.05) is 5.32 Å². The Kier molecular flexibility index (Phi) is 7.26. The molecule has 0 spiro atoms. The van der Waals surface area contributed by atoms with Gasteiger partial charge in [0.25, 0.3) is 0 Å². The Morgan fingerprint density at radius 2 is 1.79 bits per heavy atom. The van der Waals surface area contributed by atoms with Crippen molar-refractivity contribution >= 4 is 11.6 Å². The Morgan fingerprint density at radius 1 is 1.12 bits per heavy atom. The van der Waals surface area contributed by atoms with Crippen molar-refractivity contribution in [1.82, 2.24) is 9.78 Å². The van der Waals surface area contributed by atoms with Crippen LogP contribution < -0.4 is 11.1 Å². The van der Waals surface area contributed by atoms with Crippen LogP contribution in [-0.4, -0.2) is 26.8 Å². The van der Waals surface area contributed by atoms with Gasteiger partial charge in [0.05, 0.1) is 30.1 Å². The van der Waals surface area contributed by atoms with E-state index >= 15 is 0 Å². The minimum absolute atomic E-state index is 0.119. The standard InChI is InChI=1S/C27H34N4O2/c1-18-24(26(19(2)32)31(30-18)17-20-9-5-3-6-10-20)21-13-15-23(16-14-21)29-27(33)25(28)22-11-7-4-8-12-22/h3,5-6,9-10,13-16,19,22,25,32H,4,7-8,11-12,17,28H2,1-2H3,(H,29,33). The lowest BCUT2D eigenvalue weighted by molar-refractivity contribution is -0.118. The SMILES string of the molecule is Cc1nn(Cc2ccccc2)c(C(C)O)c1-c1ccc(NC(=O)C(N)C2CCCCC2)cc1. The number of aromatic nitrogens is 2. The van der Waals surface area contributed by atoms with E-state index in [0.717, 1.165) is 59.4 Å². The molecule has 1 aliphatic carbocycles. The first-order valence-corrected chi connectivity index (χ1v) is 11.9. The molecule has 174 valence electrons. The summed E-state index contributed by atoms with van der Waals surface area (Å²) in [5.74, 6) is 0.149. The van der Waals surface area contributed by atoms with Crippen LogP contribution in [0.1, 0.15) is 62.1 Å². The van der Waals surface area contributed by atoms with Crippen molar-refractivity contribution in [3.63, 3.8) is 0 Å². The zero-order valence-electron chi connectivity index (χ0n) is 19.5. The van der Waals surface area contributed by atoms with E-state index in [1.165, 1.54) is 6.42 Å². The molecule has 1 heterocycles. The zero-order valence-corrected chi connectivity index (χ0v) is 19.5. The number of aliphatic hydroxyl groups is 1. The number of rotatable bonds is 7. The number of nitrogens with one attached hydrogen (secondary N) is 1. The summed E-state index contributed by atoms with van der Waals surface area (Å²) in [6, 6.07) is 17.3. The third kappa shape index (κ3) is 5.34. The van der Waals surface area contributed by atoms with Crippen molar-refractivity contribution < 1.29 is 9.90 Å². The second kappa shape index (κ2) is 10.3. The van der Waals surface area contributed by atoms with Crippen LogP contribution in [0.2, 0.25) is 0 Å². The van der Waals surface area contributed by atoms with Gasteiger partial charge in [-0.1, -0.05) is 61.7 Å². The topological polar surface area (TPSA) is 93.2 Å². The van der Waals surface area contributed by atoms with Crippen LogP contribution in [0.15, 0.2) is 54.6 Å². The quantitative estimate of drug-likeness (QED) is 0.486. The van der Waals surface area contributed by atoms with Gasteiger partial charge in [0.15, 0.2) is 0 Å². The molecule has 0 aliphatic heterocycles. The third-order valence-corrected chi connectivity index (χ3v) is 6.64. The summed E-state index contributed by atoms with van der Waals surface area (Å²) in [7, 11) is 0. The number of hydrogen-bond acceptors (Lipinski definition) is 4. The second-order valence-electron chi connectivity index (χ2n) is 9.16. The van der Waals surface area contributed by atoms with Gasteiger partial charge in [0.2, 0.25) is 5.91 Å². The Hall–Kier alpha value is -2.96. The van der Waals surface area contributed by atoms with Gasteiger partial charge in [-0.05, 0) is 55.9 Å². The van der Waals surface area contributed by atoms with Gasteiger partial charge >= 0.3 is 0 Å². The molecule has 6 heteroatoms. The number of anilines is 1. The zero-order chi connectivity index (χ0) is 23.4. The first-order valence-electron chi connectivity index (χ1n) is 11.9. The molecule has 3 aromatic rings. The number of benzene rings is 2. The number of nitrogens with two attached hydrogens (primary N) is 1. The van der Waals surface area contributed by atoms with Gasteiger partial charge in [-0.15, -0.1) is 0 Å². The molecule has 1 aliphatic rings. The van der Waals surface area contributed by atoms with Crippen LogP contribution >= 0.6 is 0 Å². The Morgan fingerprint density at radius 3 is 2.42 bits per heavy atom. The van der Waals surface area contributed by atoms with E-state index in [1.807, 2.05) is 54.1 Å². The van der Waals surface area contributed by atoms with Crippen LogP contribution in [0.3, 0.4) is 0 Å². The maximum atomic E-state index is 12.7. The van der Waals surface area contributed by atoms with Crippen molar-refractivity contribution in [3.05, 3.63) is 71.5 Å². The number of hydrogen-bond donors (Lipinski definition) is 3. The van der Waals surface area contributed by atoms with Crippen LogP contribution in [0, 0.1) is 12.8 Å². The van der Waals surface area contributed by atoms with E-state index in [-0.39, 0.29) is 11.8 Å². The summed E-state index contributed by atoms with van der Waals surface area (Å²) in [6.45, 7) is 4.32. The molecule has 1 fully saturated rings. The summed E-state index contributed by atoms with van der Waals surface area (Å²) in [4.78, 5) is 12.7. The van der Waals surface area contributed by atoms with Crippen LogP contribution in [0.25, 0.3) is 11.1 Å². The fourth-order valence-electron chi connectivity index (χ4n) is 4.91. The molecule has 6 nitrogen and oxygen atoms in total. The monoisotopic (exact) mass is 446 g/mol. The van der Waals surface area contributed by atoms with Crippen molar-refractivity contribution in [2.24, 2.45) is 11.7 Å². The van der Waals surface area contributed by atoms with Gasteiger partial charge in [-0.3, -0.25) is 9.48 Å². The lowest BCUT2D eigenvalue weighted by Gasteiger charge is -2.26. The number of nitrogens with zero attached hydrogens (tertiary/aromatic N) is 2. The highest BCUT2D eigenvalue weighted by Crippen LogP contribution is 2.33. The summed E-state index contributed by atoms with van der Waals surface area (Å²) in [6.07, 6.45) is 4.94. The smallest absolute Gasteiger partial charge is 0.241 e. The highest BCUT2D eigenvalue weighted by atomic mass is 16.3. The van der Waals surface area contributed by atoms with E-state index in [9.17, 15) is 9.90 Å².